The molecular formula is C24H22F2N2O5. The maximum Gasteiger partial charge on any atom is 0.310 e. The van der Waals surface area contributed by atoms with E-state index < -0.39 is 17.6 Å². The van der Waals surface area contributed by atoms with Gasteiger partial charge in [0, 0.05) is 24.8 Å². The maximum atomic E-state index is 13.6. The first-order chi connectivity index (χ1) is 16.0. The highest BCUT2D eigenvalue weighted by Gasteiger charge is 2.17. The van der Waals surface area contributed by atoms with Crippen molar-refractivity contribution in [3.63, 3.8) is 0 Å². The van der Waals surface area contributed by atoms with Gasteiger partial charge in [0.2, 0.25) is 5.43 Å². The van der Waals surface area contributed by atoms with Gasteiger partial charge in [-0.1, -0.05) is 24.3 Å². The first-order valence-electron chi connectivity index (χ1n) is 10.4. The SMILES string of the molecule is O=C(Cc1cccc(Cc2nn(-c3cc(F)cc(F)c3)ccc2=O)c1)OCC1COCCO1. The van der Waals surface area contributed by atoms with Gasteiger partial charge in [-0.05, 0) is 23.3 Å². The van der Waals surface area contributed by atoms with Crippen molar-refractivity contribution in [3.05, 3.63) is 93.4 Å². The van der Waals surface area contributed by atoms with Gasteiger partial charge in [0.1, 0.15) is 30.0 Å². The van der Waals surface area contributed by atoms with E-state index in [1.807, 2.05) is 6.07 Å². The van der Waals surface area contributed by atoms with Crippen LogP contribution in [0.15, 0.2) is 59.5 Å². The number of ether oxygens (including phenoxy) is 3. The van der Waals surface area contributed by atoms with Gasteiger partial charge in [-0.25, -0.2) is 13.5 Å². The molecule has 7 nitrogen and oxygen atoms in total. The lowest BCUT2D eigenvalue weighted by molar-refractivity contribution is -0.155. The summed E-state index contributed by atoms with van der Waals surface area (Å²) in [6.45, 7) is 1.55. The van der Waals surface area contributed by atoms with E-state index in [0.717, 1.165) is 29.3 Å². The lowest BCUT2D eigenvalue weighted by Crippen LogP contribution is -2.33. The fourth-order valence-corrected chi connectivity index (χ4v) is 3.46. The van der Waals surface area contributed by atoms with E-state index in [4.69, 9.17) is 14.2 Å². The van der Waals surface area contributed by atoms with E-state index >= 15 is 0 Å². The smallest absolute Gasteiger partial charge is 0.310 e. The lowest BCUT2D eigenvalue weighted by atomic mass is 10.0. The second-order valence-corrected chi connectivity index (χ2v) is 7.62. The van der Waals surface area contributed by atoms with Crippen molar-refractivity contribution in [1.82, 2.24) is 9.78 Å². The quantitative estimate of drug-likeness (QED) is 0.509. The van der Waals surface area contributed by atoms with Gasteiger partial charge in [0.25, 0.3) is 0 Å². The Hall–Kier alpha value is -3.43. The summed E-state index contributed by atoms with van der Waals surface area (Å²) >= 11 is 0. The third-order valence-electron chi connectivity index (χ3n) is 5.02. The zero-order valence-corrected chi connectivity index (χ0v) is 17.7. The molecule has 1 fully saturated rings. The average Bonchev–Trinajstić information content (AvgIpc) is 2.79. The molecule has 0 amide bonds. The van der Waals surface area contributed by atoms with Crippen LogP contribution < -0.4 is 5.43 Å². The number of benzene rings is 2. The Morgan fingerprint density at radius 3 is 2.64 bits per heavy atom. The van der Waals surface area contributed by atoms with Gasteiger partial charge < -0.3 is 14.2 Å². The van der Waals surface area contributed by atoms with Crippen LogP contribution >= 0.6 is 0 Å². The zero-order chi connectivity index (χ0) is 23.2. The molecule has 0 saturated carbocycles. The molecule has 0 N–H and O–H groups in total. The predicted molar refractivity (Wildman–Crippen MR) is 114 cm³/mol. The fraction of sp³-hybridized carbons (Fsp3) is 0.292. The molecule has 3 aromatic rings. The number of rotatable bonds is 7. The molecule has 172 valence electrons. The van der Waals surface area contributed by atoms with Gasteiger partial charge in [0.15, 0.2) is 0 Å². The fourth-order valence-electron chi connectivity index (χ4n) is 3.46. The van der Waals surface area contributed by atoms with Crippen LogP contribution in [0.25, 0.3) is 5.69 Å². The van der Waals surface area contributed by atoms with Gasteiger partial charge in [-0.3, -0.25) is 9.59 Å². The van der Waals surface area contributed by atoms with Crippen molar-refractivity contribution in [1.29, 1.82) is 0 Å². The minimum absolute atomic E-state index is 0.0659. The second-order valence-electron chi connectivity index (χ2n) is 7.62. The van der Waals surface area contributed by atoms with Crippen LogP contribution in [0.1, 0.15) is 16.8 Å². The summed E-state index contributed by atoms with van der Waals surface area (Å²) in [5, 5.41) is 4.25. The number of carbonyl (C=O) groups excluding carboxylic acids is 1. The van der Waals surface area contributed by atoms with Gasteiger partial charge in [0.05, 0.1) is 31.9 Å². The zero-order valence-electron chi connectivity index (χ0n) is 17.7. The number of hydrogen-bond acceptors (Lipinski definition) is 6. The second kappa shape index (κ2) is 10.5. The number of carbonyl (C=O) groups is 1. The molecule has 9 heteroatoms. The average molecular weight is 456 g/mol. The highest BCUT2D eigenvalue weighted by Crippen LogP contribution is 2.13. The summed E-state index contributed by atoms with van der Waals surface area (Å²) in [6, 6.07) is 11.5. The molecule has 33 heavy (non-hydrogen) atoms. The molecular weight excluding hydrogens is 434 g/mol. The van der Waals surface area contributed by atoms with Crippen molar-refractivity contribution in [2.75, 3.05) is 26.4 Å². The summed E-state index contributed by atoms with van der Waals surface area (Å²) in [6.07, 6.45) is 1.35. The minimum atomic E-state index is -0.741. The summed E-state index contributed by atoms with van der Waals surface area (Å²) in [5.41, 5.74) is 1.55. The third kappa shape index (κ3) is 6.30. The molecule has 1 atom stereocenters. The molecule has 1 saturated heterocycles. The number of nitrogens with zero attached hydrogens (tertiary/aromatic N) is 2. The van der Waals surface area contributed by atoms with Crippen molar-refractivity contribution in [2.45, 2.75) is 18.9 Å². The van der Waals surface area contributed by atoms with Crippen LogP contribution in [0.2, 0.25) is 0 Å². The molecule has 1 aliphatic heterocycles. The third-order valence-corrected chi connectivity index (χ3v) is 5.02. The Morgan fingerprint density at radius 1 is 1.09 bits per heavy atom. The molecule has 1 aromatic heterocycles. The Bertz CT molecular complexity index is 1170. The Balaban J connectivity index is 1.43. The largest absolute Gasteiger partial charge is 0.463 e. The van der Waals surface area contributed by atoms with Gasteiger partial charge >= 0.3 is 5.97 Å². The number of esters is 1. The van der Waals surface area contributed by atoms with E-state index in [1.54, 1.807) is 18.2 Å². The molecule has 1 aliphatic rings. The molecule has 0 spiro atoms. The highest BCUT2D eigenvalue weighted by molar-refractivity contribution is 5.72. The number of halogens is 2. The molecule has 2 aromatic carbocycles. The topological polar surface area (TPSA) is 79.7 Å². The molecule has 0 bridgehead atoms. The minimum Gasteiger partial charge on any atom is -0.463 e. The molecule has 4 rings (SSSR count). The van der Waals surface area contributed by atoms with Crippen LogP contribution in [-0.4, -0.2) is 48.3 Å². The van der Waals surface area contributed by atoms with E-state index in [1.165, 1.54) is 16.9 Å². The molecule has 1 unspecified atom stereocenters. The Labute approximate surface area is 188 Å². The number of hydrogen-bond donors (Lipinski definition) is 0. The summed E-state index contributed by atoms with van der Waals surface area (Å²) < 4.78 is 44.4. The van der Waals surface area contributed by atoms with E-state index in [0.29, 0.717) is 19.8 Å². The van der Waals surface area contributed by atoms with Crippen LogP contribution in [0.3, 0.4) is 0 Å². The van der Waals surface area contributed by atoms with E-state index in [-0.39, 0.29) is 42.4 Å². The van der Waals surface area contributed by atoms with Crippen molar-refractivity contribution >= 4 is 5.97 Å². The summed E-state index contributed by atoms with van der Waals surface area (Å²) in [5.74, 6) is -1.88. The van der Waals surface area contributed by atoms with Crippen LogP contribution in [0, 0.1) is 11.6 Å². The standard InChI is InChI=1S/C24H22F2N2O5/c25-18-11-19(26)13-20(12-18)28-5-4-23(29)22(27-28)9-16-2-1-3-17(8-16)10-24(30)33-15-21-14-31-6-7-32-21/h1-5,8,11-13,21H,6-7,9-10,14-15H2. The lowest BCUT2D eigenvalue weighted by Gasteiger charge is -2.22. The van der Waals surface area contributed by atoms with E-state index in [2.05, 4.69) is 5.10 Å². The van der Waals surface area contributed by atoms with E-state index in [9.17, 15) is 18.4 Å². The predicted octanol–water partition coefficient (Wildman–Crippen LogP) is 2.60. The number of aromatic nitrogens is 2. The monoisotopic (exact) mass is 456 g/mol. The van der Waals surface area contributed by atoms with Gasteiger partial charge in [-0.15, -0.1) is 0 Å². The molecule has 0 radical (unpaired) electrons. The van der Waals surface area contributed by atoms with Crippen LogP contribution in [-0.2, 0) is 31.8 Å². The molecule has 0 aliphatic carbocycles. The molecule has 2 heterocycles. The summed E-state index contributed by atoms with van der Waals surface area (Å²) in [4.78, 5) is 24.5. The highest BCUT2D eigenvalue weighted by atomic mass is 19.1. The Morgan fingerprint density at radius 2 is 1.88 bits per heavy atom. The van der Waals surface area contributed by atoms with Crippen LogP contribution in [0.5, 0.6) is 0 Å². The van der Waals surface area contributed by atoms with Crippen molar-refractivity contribution in [3.8, 4) is 5.69 Å². The van der Waals surface area contributed by atoms with Crippen LogP contribution in [0.4, 0.5) is 8.78 Å². The Kier molecular flexibility index (Phi) is 7.21. The van der Waals surface area contributed by atoms with Gasteiger partial charge in [-0.2, -0.15) is 5.10 Å². The normalized spacial score (nSPS) is 15.9. The summed E-state index contributed by atoms with van der Waals surface area (Å²) in [7, 11) is 0. The van der Waals surface area contributed by atoms with Crippen molar-refractivity contribution < 1.29 is 27.8 Å². The van der Waals surface area contributed by atoms with Crippen molar-refractivity contribution in [2.24, 2.45) is 0 Å². The first-order valence-corrected chi connectivity index (χ1v) is 10.4. The maximum absolute atomic E-state index is 13.6. The first kappa shape index (κ1) is 22.8.